The Kier molecular flexibility index (Phi) is 6.52. The van der Waals surface area contributed by atoms with Crippen molar-refractivity contribution in [3.05, 3.63) is 142 Å². The quantitative estimate of drug-likeness (QED) is 0.225. The summed E-state index contributed by atoms with van der Waals surface area (Å²) in [7, 11) is 0. The van der Waals surface area contributed by atoms with Crippen molar-refractivity contribution in [2.24, 2.45) is 17.8 Å². The second-order valence-corrected chi connectivity index (χ2v) is 12.0. The predicted octanol–water partition coefficient (Wildman–Crippen LogP) is 8.35. The summed E-state index contributed by atoms with van der Waals surface area (Å²) in [4.78, 5) is 0. The summed E-state index contributed by atoms with van der Waals surface area (Å²) in [5, 5.41) is 0. The molecule has 192 valence electrons. The maximum Gasteiger partial charge on any atom is 0.0565 e. The second-order valence-electron chi connectivity index (χ2n) is 12.0. The smallest absolute Gasteiger partial charge is 0.0565 e. The number of rotatable bonds is 1. The standard InChI is InChI=1S/C40H32/c1-4-10-30(11-5-1)16-19-36-20-23-39(40-27-33-24-34(28-40)26-35(25-33)29-40)38(22-18-32-14-8-3-9-15-32)37(36)21-17-31-12-6-2-7-13-31/h1-15,20,23,33-35H,24-29H2. The Morgan fingerprint density at radius 3 is 1.32 bits per heavy atom. The van der Waals surface area contributed by atoms with Crippen LogP contribution >= 0.6 is 0 Å². The highest BCUT2D eigenvalue weighted by molar-refractivity contribution is 5.66. The molecule has 0 nitrogen and oxygen atoms in total. The molecule has 8 rings (SSSR count). The maximum absolute atomic E-state index is 3.68. The number of hydrogen-bond donors (Lipinski definition) is 0. The van der Waals surface area contributed by atoms with Crippen LogP contribution in [-0.2, 0) is 5.41 Å². The van der Waals surface area contributed by atoms with Crippen LogP contribution in [0.15, 0.2) is 103 Å². The van der Waals surface area contributed by atoms with Crippen molar-refractivity contribution >= 4 is 0 Å². The topological polar surface area (TPSA) is 0 Å². The van der Waals surface area contributed by atoms with Crippen LogP contribution in [-0.4, -0.2) is 0 Å². The first kappa shape index (κ1) is 24.6. The second kappa shape index (κ2) is 10.6. The molecule has 0 atom stereocenters. The lowest BCUT2D eigenvalue weighted by Crippen LogP contribution is -2.49. The van der Waals surface area contributed by atoms with Crippen molar-refractivity contribution < 1.29 is 0 Å². The van der Waals surface area contributed by atoms with Gasteiger partial charge in [-0.05, 0) is 110 Å². The van der Waals surface area contributed by atoms with Crippen LogP contribution in [0.25, 0.3) is 0 Å². The van der Waals surface area contributed by atoms with Crippen LogP contribution in [0, 0.1) is 53.3 Å². The van der Waals surface area contributed by atoms with Gasteiger partial charge in [0.2, 0.25) is 0 Å². The Hall–Kier alpha value is -4.44. The van der Waals surface area contributed by atoms with Gasteiger partial charge in [-0.3, -0.25) is 0 Å². The molecule has 4 aliphatic rings. The first-order valence-electron chi connectivity index (χ1n) is 14.6. The molecule has 4 aliphatic carbocycles. The van der Waals surface area contributed by atoms with Crippen molar-refractivity contribution in [2.45, 2.75) is 43.9 Å². The van der Waals surface area contributed by atoms with Gasteiger partial charge in [0, 0.05) is 27.8 Å². The van der Waals surface area contributed by atoms with E-state index >= 15 is 0 Å². The van der Waals surface area contributed by atoms with Crippen LogP contribution in [0.2, 0.25) is 0 Å². The number of hydrogen-bond acceptors (Lipinski definition) is 0. The fourth-order valence-corrected chi connectivity index (χ4v) is 7.82. The molecule has 4 fully saturated rings. The van der Waals surface area contributed by atoms with Crippen molar-refractivity contribution in [1.82, 2.24) is 0 Å². The lowest BCUT2D eigenvalue weighted by Gasteiger charge is -2.57. The van der Waals surface area contributed by atoms with Crippen LogP contribution in [0.4, 0.5) is 0 Å². The van der Waals surface area contributed by atoms with E-state index in [1.807, 2.05) is 42.5 Å². The molecule has 0 heteroatoms. The molecule has 40 heavy (non-hydrogen) atoms. The van der Waals surface area contributed by atoms with Gasteiger partial charge in [0.15, 0.2) is 0 Å². The van der Waals surface area contributed by atoms with E-state index in [4.69, 9.17) is 0 Å². The lowest BCUT2D eigenvalue weighted by molar-refractivity contribution is -0.00530. The summed E-state index contributed by atoms with van der Waals surface area (Å²) in [5.74, 6) is 23.7. The molecule has 0 radical (unpaired) electrons. The summed E-state index contributed by atoms with van der Waals surface area (Å²) < 4.78 is 0. The molecule has 0 amide bonds. The largest absolute Gasteiger partial charge is 0.0622 e. The molecule has 0 heterocycles. The molecule has 0 N–H and O–H groups in total. The fourth-order valence-electron chi connectivity index (χ4n) is 7.82. The third kappa shape index (κ3) is 4.98. The van der Waals surface area contributed by atoms with E-state index < -0.39 is 0 Å². The Labute approximate surface area is 238 Å². The van der Waals surface area contributed by atoms with Gasteiger partial charge in [-0.1, -0.05) is 96.2 Å². The lowest BCUT2D eigenvalue weighted by atomic mass is 9.47. The Balaban J connectivity index is 1.44. The summed E-state index contributed by atoms with van der Waals surface area (Å²) in [6.45, 7) is 0. The minimum absolute atomic E-state index is 0.212. The zero-order valence-electron chi connectivity index (χ0n) is 22.8. The van der Waals surface area contributed by atoms with E-state index in [0.29, 0.717) is 0 Å². The highest BCUT2D eigenvalue weighted by atomic mass is 14.6. The Morgan fingerprint density at radius 2 is 0.850 bits per heavy atom. The molecule has 4 bridgehead atoms. The molecule has 4 saturated carbocycles. The van der Waals surface area contributed by atoms with Gasteiger partial charge < -0.3 is 0 Å². The van der Waals surface area contributed by atoms with Crippen LogP contribution < -0.4 is 0 Å². The normalized spacial score (nSPS) is 23.6. The molecular formula is C40H32. The minimum Gasteiger partial charge on any atom is -0.0622 e. The van der Waals surface area contributed by atoms with E-state index in [-0.39, 0.29) is 5.41 Å². The van der Waals surface area contributed by atoms with Gasteiger partial charge in [0.1, 0.15) is 0 Å². The summed E-state index contributed by atoms with van der Waals surface area (Å²) in [6, 6.07) is 35.4. The predicted molar refractivity (Wildman–Crippen MR) is 164 cm³/mol. The van der Waals surface area contributed by atoms with Crippen molar-refractivity contribution in [3.63, 3.8) is 0 Å². The van der Waals surface area contributed by atoms with E-state index in [1.54, 1.807) is 0 Å². The molecular weight excluding hydrogens is 480 g/mol. The number of benzene rings is 4. The third-order valence-electron chi connectivity index (χ3n) is 9.14. The molecule has 0 saturated heterocycles. The summed E-state index contributed by atoms with van der Waals surface area (Å²) >= 11 is 0. The van der Waals surface area contributed by atoms with E-state index in [2.05, 4.69) is 96.2 Å². The van der Waals surface area contributed by atoms with Crippen molar-refractivity contribution in [3.8, 4) is 35.5 Å². The average Bonchev–Trinajstić information content (AvgIpc) is 2.99. The molecule has 0 aliphatic heterocycles. The monoisotopic (exact) mass is 512 g/mol. The van der Waals surface area contributed by atoms with Crippen molar-refractivity contribution in [2.75, 3.05) is 0 Å². The Bertz CT molecular complexity index is 1670. The summed E-state index contributed by atoms with van der Waals surface area (Å²) in [5.41, 5.74) is 7.69. The van der Waals surface area contributed by atoms with Gasteiger partial charge >= 0.3 is 0 Å². The highest BCUT2D eigenvalue weighted by Gasteiger charge is 2.52. The molecule has 0 spiro atoms. The average molecular weight is 513 g/mol. The van der Waals surface area contributed by atoms with Crippen molar-refractivity contribution in [1.29, 1.82) is 0 Å². The van der Waals surface area contributed by atoms with Crippen LogP contribution in [0.5, 0.6) is 0 Å². The summed E-state index contributed by atoms with van der Waals surface area (Å²) in [6.07, 6.45) is 8.14. The molecule has 4 aromatic carbocycles. The SMILES string of the molecule is C(#Cc1ccc(C23CC4CC(CC(C4)C2)C3)c(C#Cc2ccccc2)c1C#Cc1ccccc1)c1ccccc1. The van der Waals surface area contributed by atoms with Crippen LogP contribution in [0.1, 0.15) is 77.5 Å². The maximum atomic E-state index is 3.68. The highest BCUT2D eigenvalue weighted by Crippen LogP contribution is 2.61. The third-order valence-corrected chi connectivity index (χ3v) is 9.14. The van der Waals surface area contributed by atoms with E-state index in [9.17, 15) is 0 Å². The zero-order chi connectivity index (χ0) is 26.8. The van der Waals surface area contributed by atoms with Gasteiger partial charge in [-0.2, -0.15) is 0 Å². The van der Waals surface area contributed by atoms with E-state index in [1.165, 1.54) is 44.1 Å². The molecule has 4 aromatic rings. The van der Waals surface area contributed by atoms with Gasteiger partial charge in [-0.15, -0.1) is 0 Å². The Morgan fingerprint density at radius 1 is 0.425 bits per heavy atom. The zero-order valence-corrected chi connectivity index (χ0v) is 22.8. The first-order chi connectivity index (χ1) is 19.7. The van der Waals surface area contributed by atoms with Gasteiger partial charge in [0.25, 0.3) is 0 Å². The van der Waals surface area contributed by atoms with Crippen LogP contribution in [0.3, 0.4) is 0 Å². The van der Waals surface area contributed by atoms with Gasteiger partial charge in [-0.25, -0.2) is 0 Å². The minimum atomic E-state index is 0.212. The van der Waals surface area contributed by atoms with Gasteiger partial charge in [0.05, 0.1) is 5.56 Å². The first-order valence-corrected chi connectivity index (χ1v) is 14.6. The molecule has 0 aromatic heterocycles. The fraction of sp³-hybridized carbons (Fsp3) is 0.250. The molecule has 0 unspecified atom stereocenters. The van der Waals surface area contributed by atoms with E-state index in [0.717, 1.165) is 51.1 Å².